The van der Waals surface area contributed by atoms with Crippen molar-refractivity contribution in [2.75, 3.05) is 0 Å². The van der Waals surface area contributed by atoms with Gasteiger partial charge < -0.3 is 10.6 Å². The zero-order valence-corrected chi connectivity index (χ0v) is 13.9. The van der Waals surface area contributed by atoms with Crippen molar-refractivity contribution in [1.82, 2.24) is 10.6 Å². The first-order valence-electron chi connectivity index (χ1n) is 7.54. The van der Waals surface area contributed by atoms with Crippen LogP contribution in [0.1, 0.15) is 30.4 Å². The molecule has 1 fully saturated rings. The summed E-state index contributed by atoms with van der Waals surface area (Å²) in [7, 11) is 0. The molecule has 2 aromatic rings. The molecule has 0 heterocycles. The van der Waals surface area contributed by atoms with Crippen molar-refractivity contribution in [3.05, 3.63) is 70.2 Å². The predicted octanol–water partition coefficient (Wildman–Crippen LogP) is 4.33. The van der Waals surface area contributed by atoms with Crippen LogP contribution >= 0.6 is 15.9 Å². The molecule has 0 saturated heterocycles. The molecule has 0 unspecified atom stereocenters. The topological polar surface area (TPSA) is 41.1 Å². The quantitative estimate of drug-likeness (QED) is 0.838. The lowest BCUT2D eigenvalue weighted by molar-refractivity contribution is 0.177. The third kappa shape index (κ3) is 3.33. The molecular weight excluding hydrogens is 340 g/mol. The highest BCUT2D eigenvalue weighted by Gasteiger charge is 2.39. The molecule has 114 valence electrons. The van der Waals surface area contributed by atoms with E-state index in [1.54, 1.807) is 0 Å². The van der Waals surface area contributed by atoms with Gasteiger partial charge in [0, 0.05) is 11.0 Å². The van der Waals surface area contributed by atoms with Crippen molar-refractivity contribution in [2.24, 2.45) is 0 Å². The van der Waals surface area contributed by atoms with Gasteiger partial charge in [-0.25, -0.2) is 4.79 Å². The number of carbonyl (C=O) groups excluding carboxylic acids is 1. The van der Waals surface area contributed by atoms with Crippen LogP contribution in [-0.4, -0.2) is 6.03 Å². The first kappa shape index (κ1) is 15.1. The number of carbonyl (C=O) groups is 1. The molecule has 4 heteroatoms. The molecule has 1 saturated carbocycles. The monoisotopic (exact) mass is 358 g/mol. The number of urea groups is 1. The number of hydrogen-bond donors (Lipinski definition) is 2. The van der Waals surface area contributed by atoms with Gasteiger partial charge in [0.05, 0.1) is 5.54 Å². The van der Waals surface area contributed by atoms with Crippen LogP contribution in [-0.2, 0) is 12.1 Å². The van der Waals surface area contributed by atoms with Crippen molar-refractivity contribution in [1.29, 1.82) is 0 Å². The Morgan fingerprint density at radius 3 is 2.32 bits per heavy atom. The van der Waals surface area contributed by atoms with E-state index in [4.69, 9.17) is 0 Å². The van der Waals surface area contributed by atoms with E-state index in [1.165, 1.54) is 5.56 Å². The summed E-state index contributed by atoms with van der Waals surface area (Å²) in [5, 5.41) is 6.12. The van der Waals surface area contributed by atoms with Gasteiger partial charge in [-0.05, 0) is 42.5 Å². The summed E-state index contributed by atoms with van der Waals surface area (Å²) in [6.45, 7) is 0.545. The van der Waals surface area contributed by atoms with Crippen molar-refractivity contribution in [2.45, 2.75) is 31.3 Å². The first-order chi connectivity index (χ1) is 10.7. The molecule has 1 aliphatic carbocycles. The van der Waals surface area contributed by atoms with Crippen LogP contribution in [0.25, 0.3) is 0 Å². The molecule has 0 radical (unpaired) electrons. The zero-order chi connectivity index (χ0) is 15.4. The molecule has 3 rings (SSSR count). The summed E-state index contributed by atoms with van der Waals surface area (Å²) < 4.78 is 1.05. The first-order valence-corrected chi connectivity index (χ1v) is 8.33. The molecule has 0 spiro atoms. The molecule has 0 aliphatic heterocycles. The third-order valence-electron chi connectivity index (χ3n) is 4.25. The fraction of sp³-hybridized carbons (Fsp3) is 0.278. The SMILES string of the molecule is O=C(NCc1ccccc1)NC1(c2ccc(Br)cc2)CCC1. The molecule has 3 nitrogen and oxygen atoms in total. The Morgan fingerprint density at radius 1 is 1.05 bits per heavy atom. The highest BCUT2D eigenvalue weighted by molar-refractivity contribution is 9.10. The van der Waals surface area contributed by atoms with Crippen LogP contribution < -0.4 is 10.6 Å². The predicted molar refractivity (Wildman–Crippen MR) is 91.5 cm³/mol. The van der Waals surface area contributed by atoms with Gasteiger partial charge in [0.25, 0.3) is 0 Å². The van der Waals surface area contributed by atoms with Gasteiger partial charge in [-0.2, -0.15) is 0 Å². The summed E-state index contributed by atoms with van der Waals surface area (Å²) in [6.07, 6.45) is 3.13. The molecule has 2 N–H and O–H groups in total. The smallest absolute Gasteiger partial charge is 0.315 e. The number of hydrogen-bond acceptors (Lipinski definition) is 1. The number of halogens is 1. The molecule has 2 amide bonds. The second kappa shape index (κ2) is 6.53. The lowest BCUT2D eigenvalue weighted by Gasteiger charge is -2.43. The summed E-state index contributed by atoms with van der Waals surface area (Å²) in [5.41, 5.74) is 2.07. The lowest BCUT2D eigenvalue weighted by Crippen LogP contribution is -2.53. The second-order valence-electron chi connectivity index (χ2n) is 5.74. The Hall–Kier alpha value is -1.81. The minimum atomic E-state index is -0.207. The molecule has 1 aliphatic rings. The van der Waals surface area contributed by atoms with Crippen LogP contribution in [0, 0.1) is 0 Å². The number of rotatable bonds is 4. The van der Waals surface area contributed by atoms with E-state index in [9.17, 15) is 4.79 Å². The van der Waals surface area contributed by atoms with Crippen LogP contribution in [0.2, 0.25) is 0 Å². The highest BCUT2D eigenvalue weighted by atomic mass is 79.9. The number of benzene rings is 2. The highest BCUT2D eigenvalue weighted by Crippen LogP contribution is 2.41. The number of amides is 2. The van der Waals surface area contributed by atoms with Crippen LogP contribution in [0.4, 0.5) is 4.79 Å². The van der Waals surface area contributed by atoms with Crippen molar-refractivity contribution in [3.8, 4) is 0 Å². The Morgan fingerprint density at radius 2 is 1.73 bits per heavy atom. The minimum Gasteiger partial charge on any atom is -0.334 e. The average molecular weight is 359 g/mol. The molecule has 0 bridgehead atoms. The summed E-state index contributed by atoms with van der Waals surface area (Å²) >= 11 is 3.45. The van der Waals surface area contributed by atoms with Gasteiger partial charge in [-0.1, -0.05) is 58.4 Å². The van der Waals surface area contributed by atoms with Gasteiger partial charge in [-0.15, -0.1) is 0 Å². The summed E-state index contributed by atoms with van der Waals surface area (Å²) in [5.74, 6) is 0. The summed E-state index contributed by atoms with van der Waals surface area (Å²) in [4.78, 5) is 12.2. The average Bonchev–Trinajstić information content (AvgIpc) is 2.51. The standard InChI is InChI=1S/C18H19BrN2O/c19-16-9-7-15(8-10-16)18(11-4-12-18)21-17(22)20-13-14-5-2-1-3-6-14/h1-3,5-10H,4,11-13H2,(H2,20,21,22). The molecule has 22 heavy (non-hydrogen) atoms. The fourth-order valence-corrected chi connectivity index (χ4v) is 3.09. The van der Waals surface area contributed by atoms with E-state index < -0.39 is 0 Å². The van der Waals surface area contributed by atoms with Crippen molar-refractivity contribution >= 4 is 22.0 Å². The maximum atomic E-state index is 12.2. The van der Waals surface area contributed by atoms with Crippen LogP contribution in [0.3, 0.4) is 0 Å². The summed E-state index contributed by atoms with van der Waals surface area (Å²) in [6, 6.07) is 18.1. The maximum Gasteiger partial charge on any atom is 0.315 e. The lowest BCUT2D eigenvalue weighted by atomic mass is 9.72. The Balaban J connectivity index is 1.62. The Bertz CT molecular complexity index is 636. The fourth-order valence-electron chi connectivity index (χ4n) is 2.82. The van der Waals surface area contributed by atoms with E-state index in [0.717, 1.165) is 29.3 Å². The van der Waals surface area contributed by atoms with E-state index in [-0.39, 0.29) is 11.6 Å². The van der Waals surface area contributed by atoms with Gasteiger partial charge in [-0.3, -0.25) is 0 Å². The van der Waals surface area contributed by atoms with Crippen molar-refractivity contribution < 1.29 is 4.79 Å². The van der Waals surface area contributed by atoms with Crippen LogP contribution in [0.5, 0.6) is 0 Å². The molecule has 0 atom stereocenters. The maximum absolute atomic E-state index is 12.2. The van der Waals surface area contributed by atoms with Gasteiger partial charge in [0.2, 0.25) is 0 Å². The van der Waals surface area contributed by atoms with Gasteiger partial charge in [0.15, 0.2) is 0 Å². The zero-order valence-electron chi connectivity index (χ0n) is 12.3. The normalized spacial score (nSPS) is 15.7. The van der Waals surface area contributed by atoms with Crippen LogP contribution in [0.15, 0.2) is 59.1 Å². The third-order valence-corrected chi connectivity index (χ3v) is 4.78. The van der Waals surface area contributed by atoms with E-state index in [1.807, 2.05) is 42.5 Å². The second-order valence-corrected chi connectivity index (χ2v) is 6.65. The van der Waals surface area contributed by atoms with Crippen molar-refractivity contribution in [3.63, 3.8) is 0 Å². The largest absolute Gasteiger partial charge is 0.334 e. The minimum absolute atomic E-state index is 0.105. The molecule has 0 aromatic heterocycles. The van der Waals surface area contributed by atoms with E-state index in [0.29, 0.717) is 6.54 Å². The molecular formula is C18H19BrN2O. The molecule has 2 aromatic carbocycles. The Kier molecular flexibility index (Phi) is 4.48. The number of nitrogens with one attached hydrogen (secondary N) is 2. The Labute approximate surface area is 139 Å². The van der Waals surface area contributed by atoms with Gasteiger partial charge in [0.1, 0.15) is 0 Å². The van der Waals surface area contributed by atoms with Gasteiger partial charge >= 0.3 is 6.03 Å². The van der Waals surface area contributed by atoms with E-state index >= 15 is 0 Å². The van der Waals surface area contributed by atoms with E-state index in [2.05, 4.69) is 38.7 Å².